The molecule has 4 aromatic rings. The number of aliphatic hydroxyl groups excluding tert-OH is 1. The van der Waals surface area contributed by atoms with Gasteiger partial charge in [-0.15, -0.1) is 0 Å². The second-order valence-electron chi connectivity index (χ2n) is 10.0. The van der Waals surface area contributed by atoms with E-state index < -0.39 is 55.4 Å². The first kappa shape index (κ1) is 30.0. The van der Waals surface area contributed by atoms with E-state index in [9.17, 15) is 14.7 Å². The summed E-state index contributed by atoms with van der Waals surface area (Å²) in [5, 5.41) is 15.5. The maximum absolute atomic E-state index is 15.3. The largest absolute Gasteiger partial charge is 0.462 e. The van der Waals surface area contributed by atoms with Crippen molar-refractivity contribution >= 4 is 52.3 Å². The van der Waals surface area contributed by atoms with Crippen molar-refractivity contribution in [2.45, 2.75) is 57.5 Å². The van der Waals surface area contributed by atoms with Crippen LogP contribution in [0.3, 0.4) is 0 Å². The Morgan fingerprint density at radius 2 is 2.02 bits per heavy atom. The SMILES string of the molecule is CC(C)OC(=O)C(C)NP(=S)(OCC1OC(n2cnc3c(=O)[nH]c(N)nc32)C(F)C1O)Oc1ccc2ccccc2c1. The third-order valence-corrected chi connectivity index (χ3v) is 8.93. The number of aromatic amines is 1. The Hall–Kier alpha value is -3.46. The first-order valence-electron chi connectivity index (χ1n) is 13.1. The van der Waals surface area contributed by atoms with Crippen LogP contribution in [0.5, 0.6) is 5.75 Å². The molecule has 1 saturated heterocycles. The molecule has 0 aliphatic carbocycles. The quantitative estimate of drug-likeness (QED) is 0.151. The van der Waals surface area contributed by atoms with Gasteiger partial charge < -0.3 is 29.4 Å². The molecule has 1 aliphatic rings. The molecular weight excluding hydrogens is 590 g/mol. The van der Waals surface area contributed by atoms with E-state index in [2.05, 4.69) is 20.0 Å². The number of aliphatic hydroxyl groups is 1. The molecular formula is C26H30FN6O7PS. The fraction of sp³-hybridized carbons (Fsp3) is 0.385. The fourth-order valence-corrected chi connectivity index (χ4v) is 6.85. The van der Waals surface area contributed by atoms with Gasteiger partial charge >= 0.3 is 12.6 Å². The van der Waals surface area contributed by atoms with E-state index in [1.54, 1.807) is 32.9 Å². The number of rotatable bonds is 10. The summed E-state index contributed by atoms with van der Waals surface area (Å²) >= 11 is 5.76. The van der Waals surface area contributed by atoms with Gasteiger partial charge in [0.05, 0.1) is 19.0 Å². The first-order valence-corrected chi connectivity index (χ1v) is 15.7. The molecule has 0 saturated carbocycles. The highest BCUT2D eigenvalue weighted by Gasteiger charge is 2.47. The Kier molecular flexibility index (Phi) is 8.60. The highest BCUT2D eigenvalue weighted by atomic mass is 32.5. The van der Waals surface area contributed by atoms with E-state index >= 15 is 4.39 Å². The number of benzene rings is 2. The summed E-state index contributed by atoms with van der Waals surface area (Å²) < 4.78 is 39.7. The number of carbonyl (C=O) groups excluding carboxylic acids is 1. The van der Waals surface area contributed by atoms with E-state index in [-0.39, 0.29) is 23.2 Å². The lowest BCUT2D eigenvalue weighted by Gasteiger charge is -2.28. The molecule has 2 aromatic carbocycles. The van der Waals surface area contributed by atoms with E-state index in [1.807, 2.05) is 30.3 Å². The summed E-state index contributed by atoms with van der Waals surface area (Å²) in [7, 11) is 0. The standard InChI is InChI=1S/C26H30FN6O7PS/c1-13(2)38-25(36)14(3)32-41(42,40-17-9-8-15-6-4-5-7-16(15)10-17)37-11-18-21(34)19(27)24(39-18)33-12-29-20-22(33)30-26(28)31-23(20)35/h4-10,12-14,18-19,21,24,34H,11H2,1-3H3,(H,32,42)(H3,28,30,31,35). The number of fused-ring (bicyclic) bond motifs is 2. The molecule has 2 aromatic heterocycles. The van der Waals surface area contributed by atoms with Gasteiger partial charge in [-0.1, -0.05) is 30.3 Å². The van der Waals surface area contributed by atoms with E-state index in [0.717, 1.165) is 10.8 Å². The summed E-state index contributed by atoms with van der Waals surface area (Å²) in [5.74, 6) is -0.382. The lowest BCUT2D eigenvalue weighted by Crippen LogP contribution is -2.37. The molecule has 0 spiro atoms. The van der Waals surface area contributed by atoms with Crippen molar-refractivity contribution < 1.29 is 32.8 Å². The number of nitrogens with one attached hydrogen (secondary N) is 2. The number of nitrogen functional groups attached to an aromatic ring is 1. The number of ether oxygens (including phenoxy) is 2. The predicted octanol–water partition coefficient (Wildman–Crippen LogP) is 2.70. The zero-order valence-corrected chi connectivity index (χ0v) is 24.6. The topological polar surface area (TPSA) is 176 Å². The summed E-state index contributed by atoms with van der Waals surface area (Å²) in [5.41, 5.74) is 4.96. The van der Waals surface area contributed by atoms with Gasteiger partial charge in [0.15, 0.2) is 23.6 Å². The van der Waals surface area contributed by atoms with Crippen LogP contribution in [-0.4, -0.2) is 67.7 Å². The Bertz CT molecular complexity index is 1720. The van der Waals surface area contributed by atoms with Gasteiger partial charge in [-0.3, -0.25) is 19.1 Å². The maximum Gasteiger partial charge on any atom is 0.323 e. The number of H-pyrrole nitrogens is 1. The van der Waals surface area contributed by atoms with Crippen LogP contribution in [0.2, 0.25) is 0 Å². The van der Waals surface area contributed by atoms with Crippen molar-refractivity contribution in [1.82, 2.24) is 24.6 Å². The zero-order chi connectivity index (χ0) is 30.2. The molecule has 224 valence electrons. The zero-order valence-electron chi connectivity index (χ0n) is 22.8. The second kappa shape index (κ2) is 12.0. The number of hydrogen-bond donors (Lipinski definition) is 4. The number of alkyl halides is 1. The van der Waals surface area contributed by atoms with Crippen molar-refractivity contribution in [3.63, 3.8) is 0 Å². The third-order valence-electron chi connectivity index (χ3n) is 6.43. The van der Waals surface area contributed by atoms with Crippen LogP contribution in [-0.2, 0) is 30.6 Å². The Morgan fingerprint density at radius 3 is 2.76 bits per heavy atom. The number of imidazole rings is 1. The lowest BCUT2D eigenvalue weighted by atomic mass is 10.1. The summed E-state index contributed by atoms with van der Waals surface area (Å²) in [6.45, 7) is 1.06. The average Bonchev–Trinajstić information content (AvgIpc) is 3.47. The number of esters is 1. The molecule has 1 aliphatic heterocycles. The van der Waals surface area contributed by atoms with Crippen molar-refractivity contribution in [3.8, 4) is 5.75 Å². The fourth-order valence-electron chi connectivity index (χ4n) is 4.44. The van der Waals surface area contributed by atoms with E-state index in [0.29, 0.717) is 5.75 Å². The molecule has 3 heterocycles. The molecule has 6 unspecified atom stereocenters. The predicted molar refractivity (Wildman–Crippen MR) is 156 cm³/mol. The number of nitrogens with two attached hydrogens (primary N) is 1. The first-order chi connectivity index (χ1) is 19.9. The molecule has 6 atom stereocenters. The van der Waals surface area contributed by atoms with Crippen molar-refractivity contribution in [1.29, 1.82) is 0 Å². The highest BCUT2D eigenvalue weighted by molar-refractivity contribution is 8.09. The van der Waals surface area contributed by atoms with E-state index in [4.69, 9.17) is 36.1 Å². The van der Waals surface area contributed by atoms with Gasteiger partial charge in [0, 0.05) is 0 Å². The van der Waals surface area contributed by atoms with Crippen LogP contribution >= 0.6 is 6.64 Å². The summed E-state index contributed by atoms with van der Waals surface area (Å²) in [4.78, 5) is 35.0. The third kappa shape index (κ3) is 6.31. The molecule has 5 rings (SSSR count). The number of anilines is 1. The number of nitrogens with zero attached hydrogens (tertiary/aromatic N) is 3. The minimum Gasteiger partial charge on any atom is -0.462 e. The summed E-state index contributed by atoms with van der Waals surface area (Å²) in [6, 6.07) is 12.1. The van der Waals surface area contributed by atoms with Crippen LogP contribution in [0, 0.1) is 0 Å². The van der Waals surface area contributed by atoms with Crippen LogP contribution in [0.15, 0.2) is 53.6 Å². The van der Waals surface area contributed by atoms with Gasteiger partial charge in [-0.2, -0.15) is 4.98 Å². The number of hydrogen-bond acceptors (Lipinski definition) is 11. The number of halogens is 1. The second-order valence-corrected chi connectivity index (χ2v) is 13.1. The Balaban J connectivity index is 1.37. The molecule has 1 fully saturated rings. The number of carbonyl (C=O) groups is 1. The van der Waals surface area contributed by atoms with Crippen LogP contribution < -0.4 is 20.9 Å². The lowest BCUT2D eigenvalue weighted by molar-refractivity contribution is -0.149. The van der Waals surface area contributed by atoms with Gasteiger partial charge in [0.25, 0.3) is 5.56 Å². The monoisotopic (exact) mass is 620 g/mol. The molecule has 13 nitrogen and oxygen atoms in total. The molecule has 16 heteroatoms. The van der Waals surface area contributed by atoms with Gasteiger partial charge in [0.1, 0.15) is 24.0 Å². The van der Waals surface area contributed by atoms with Gasteiger partial charge in [-0.25, -0.2) is 14.5 Å². The van der Waals surface area contributed by atoms with Gasteiger partial charge in [0.2, 0.25) is 5.95 Å². The van der Waals surface area contributed by atoms with Crippen molar-refractivity contribution in [2.24, 2.45) is 0 Å². The highest BCUT2D eigenvalue weighted by Crippen LogP contribution is 2.47. The van der Waals surface area contributed by atoms with E-state index in [1.165, 1.54) is 10.9 Å². The Labute approximate surface area is 244 Å². The molecule has 5 N–H and O–H groups in total. The van der Waals surface area contributed by atoms with Crippen molar-refractivity contribution in [3.05, 3.63) is 59.1 Å². The minimum atomic E-state index is -3.53. The molecule has 0 radical (unpaired) electrons. The van der Waals surface area contributed by atoms with Crippen LogP contribution in [0.1, 0.15) is 27.0 Å². The maximum atomic E-state index is 15.3. The van der Waals surface area contributed by atoms with Crippen LogP contribution in [0.25, 0.3) is 21.9 Å². The smallest absolute Gasteiger partial charge is 0.323 e. The number of aromatic nitrogens is 4. The summed E-state index contributed by atoms with van der Waals surface area (Å²) in [6.07, 6.45) is -5.36. The Morgan fingerprint density at radius 1 is 1.29 bits per heavy atom. The van der Waals surface area contributed by atoms with Crippen LogP contribution in [0.4, 0.5) is 10.3 Å². The minimum absolute atomic E-state index is 0.0124. The molecule has 42 heavy (non-hydrogen) atoms. The molecule has 0 amide bonds. The van der Waals surface area contributed by atoms with Crippen molar-refractivity contribution in [2.75, 3.05) is 12.3 Å². The molecule has 0 bridgehead atoms. The average molecular weight is 621 g/mol. The van der Waals surface area contributed by atoms with Gasteiger partial charge in [-0.05, 0) is 55.5 Å². The normalized spacial score (nSPS) is 22.8.